The fourth-order valence-electron chi connectivity index (χ4n) is 0.973. The standard InChI is InChI=1S/C10H5F5O2/c11-5-1-4(2-6(12)9(5)13)7(16)3-8(17)10(14)15/h1-3,10,16H/p-1/b7-3-. The van der Waals surface area contributed by atoms with Crippen LogP contribution in [-0.4, -0.2) is 12.2 Å². The van der Waals surface area contributed by atoms with E-state index in [0.717, 1.165) is 0 Å². The molecule has 0 N–H and O–H groups in total. The van der Waals surface area contributed by atoms with Gasteiger partial charge >= 0.3 is 0 Å². The van der Waals surface area contributed by atoms with E-state index in [9.17, 15) is 31.9 Å². The third kappa shape index (κ3) is 3.02. The summed E-state index contributed by atoms with van der Waals surface area (Å²) in [5.41, 5.74) is -0.726. The van der Waals surface area contributed by atoms with Crippen molar-refractivity contribution in [3.8, 4) is 0 Å². The van der Waals surface area contributed by atoms with Crippen LogP contribution in [0.3, 0.4) is 0 Å². The highest BCUT2D eigenvalue weighted by Crippen LogP contribution is 2.17. The topological polar surface area (TPSA) is 40.1 Å². The van der Waals surface area contributed by atoms with Crippen LogP contribution in [0.2, 0.25) is 0 Å². The van der Waals surface area contributed by atoms with E-state index in [1.165, 1.54) is 0 Å². The quantitative estimate of drug-likeness (QED) is 0.354. The van der Waals surface area contributed by atoms with Crippen LogP contribution in [0.15, 0.2) is 18.2 Å². The van der Waals surface area contributed by atoms with Gasteiger partial charge in [0.2, 0.25) is 5.78 Å². The molecule has 17 heavy (non-hydrogen) atoms. The number of rotatable bonds is 3. The van der Waals surface area contributed by atoms with Gasteiger partial charge in [0.05, 0.1) is 0 Å². The fourth-order valence-corrected chi connectivity index (χ4v) is 0.973. The van der Waals surface area contributed by atoms with Gasteiger partial charge in [-0.05, 0) is 23.8 Å². The van der Waals surface area contributed by atoms with Gasteiger partial charge < -0.3 is 5.11 Å². The molecule has 0 aliphatic rings. The number of benzene rings is 1. The van der Waals surface area contributed by atoms with Crippen molar-refractivity contribution >= 4 is 11.5 Å². The van der Waals surface area contributed by atoms with Gasteiger partial charge in [-0.2, -0.15) is 0 Å². The second-order valence-corrected chi connectivity index (χ2v) is 2.97. The van der Waals surface area contributed by atoms with Crippen LogP contribution >= 0.6 is 0 Å². The van der Waals surface area contributed by atoms with Gasteiger partial charge in [0.25, 0.3) is 6.43 Å². The van der Waals surface area contributed by atoms with E-state index in [1.807, 2.05) is 0 Å². The summed E-state index contributed by atoms with van der Waals surface area (Å²) in [6.45, 7) is 0. The molecule has 1 aromatic carbocycles. The van der Waals surface area contributed by atoms with E-state index < -0.39 is 41.0 Å². The Kier molecular flexibility index (Phi) is 3.82. The molecule has 1 rings (SSSR count). The number of hydrogen-bond acceptors (Lipinski definition) is 2. The molecule has 0 amide bonds. The lowest BCUT2D eigenvalue weighted by Gasteiger charge is -2.12. The maximum absolute atomic E-state index is 12.7. The molecular weight excluding hydrogens is 247 g/mol. The zero-order valence-corrected chi connectivity index (χ0v) is 8.02. The first kappa shape index (κ1) is 13.1. The van der Waals surface area contributed by atoms with Crippen LogP contribution < -0.4 is 5.11 Å². The number of ketones is 1. The maximum Gasteiger partial charge on any atom is 0.299 e. The number of halogens is 5. The Balaban J connectivity index is 3.13. The Morgan fingerprint density at radius 1 is 1.18 bits per heavy atom. The highest BCUT2D eigenvalue weighted by molar-refractivity contribution is 5.97. The molecule has 0 fully saturated rings. The highest BCUT2D eigenvalue weighted by atomic mass is 19.3. The molecule has 0 atom stereocenters. The molecule has 2 nitrogen and oxygen atoms in total. The Morgan fingerprint density at radius 3 is 2.06 bits per heavy atom. The van der Waals surface area contributed by atoms with Crippen molar-refractivity contribution in [2.24, 2.45) is 0 Å². The lowest BCUT2D eigenvalue weighted by Crippen LogP contribution is -2.12. The van der Waals surface area contributed by atoms with Gasteiger partial charge in [-0.1, -0.05) is 5.76 Å². The van der Waals surface area contributed by atoms with E-state index in [-0.39, 0.29) is 6.08 Å². The SMILES string of the molecule is O=C(/C=C(\[O-])c1cc(F)c(F)c(F)c1)C(F)F. The molecule has 1 aromatic rings. The van der Waals surface area contributed by atoms with E-state index >= 15 is 0 Å². The zero-order chi connectivity index (χ0) is 13.2. The zero-order valence-electron chi connectivity index (χ0n) is 8.02. The third-order valence-corrected chi connectivity index (χ3v) is 1.76. The van der Waals surface area contributed by atoms with Gasteiger partial charge in [0, 0.05) is 0 Å². The van der Waals surface area contributed by atoms with Crippen molar-refractivity contribution in [3.63, 3.8) is 0 Å². The van der Waals surface area contributed by atoms with Gasteiger partial charge in [0.15, 0.2) is 17.5 Å². The first-order valence-corrected chi connectivity index (χ1v) is 4.18. The maximum atomic E-state index is 12.7. The Morgan fingerprint density at radius 2 is 1.65 bits per heavy atom. The molecule has 0 aliphatic carbocycles. The van der Waals surface area contributed by atoms with Gasteiger partial charge in [-0.15, -0.1) is 0 Å². The van der Waals surface area contributed by atoms with Gasteiger partial charge in [-0.3, -0.25) is 4.79 Å². The molecule has 0 aliphatic heterocycles. The summed E-state index contributed by atoms with van der Waals surface area (Å²) in [5, 5.41) is 11.1. The lowest BCUT2D eigenvalue weighted by atomic mass is 10.1. The van der Waals surface area contributed by atoms with E-state index in [1.54, 1.807) is 0 Å². The molecule has 0 unspecified atom stereocenters. The van der Waals surface area contributed by atoms with Crippen LogP contribution in [0.4, 0.5) is 22.0 Å². The molecule has 0 heterocycles. The molecular formula is C10H4F5O2-. The van der Waals surface area contributed by atoms with Crippen molar-refractivity contribution in [3.05, 3.63) is 41.2 Å². The first-order chi connectivity index (χ1) is 7.82. The highest BCUT2D eigenvalue weighted by Gasteiger charge is 2.13. The monoisotopic (exact) mass is 251 g/mol. The fraction of sp³-hybridized carbons (Fsp3) is 0.100. The molecule has 0 spiro atoms. The van der Waals surface area contributed by atoms with Gasteiger partial charge in [-0.25, -0.2) is 22.0 Å². The average Bonchev–Trinajstić information content (AvgIpc) is 2.24. The molecule has 0 saturated carbocycles. The van der Waals surface area contributed by atoms with E-state index in [2.05, 4.69) is 0 Å². The molecule has 0 saturated heterocycles. The van der Waals surface area contributed by atoms with Crippen molar-refractivity contribution in [2.75, 3.05) is 0 Å². The Labute approximate surface area is 92.0 Å². The van der Waals surface area contributed by atoms with Crippen molar-refractivity contribution in [1.29, 1.82) is 0 Å². The number of allylic oxidation sites excluding steroid dienone is 1. The summed E-state index contributed by atoms with van der Waals surface area (Å²) >= 11 is 0. The summed E-state index contributed by atoms with van der Waals surface area (Å²) in [5.74, 6) is -8.20. The van der Waals surface area contributed by atoms with Crippen LogP contribution in [0, 0.1) is 17.5 Å². The first-order valence-electron chi connectivity index (χ1n) is 4.18. The summed E-state index contributed by atoms with van der Waals surface area (Å²) < 4.78 is 61.4. The second kappa shape index (κ2) is 4.94. The van der Waals surface area contributed by atoms with Crippen LogP contribution in [0.25, 0.3) is 5.76 Å². The molecule has 92 valence electrons. The summed E-state index contributed by atoms with van der Waals surface area (Å²) in [4.78, 5) is 10.5. The summed E-state index contributed by atoms with van der Waals surface area (Å²) in [6.07, 6.45) is -3.40. The summed E-state index contributed by atoms with van der Waals surface area (Å²) in [7, 11) is 0. The Hall–Kier alpha value is -1.92. The number of carbonyl (C=O) groups is 1. The Bertz CT molecular complexity index is 459. The molecule has 7 heteroatoms. The minimum absolute atomic E-state index is 0.00319. The van der Waals surface area contributed by atoms with Crippen molar-refractivity contribution < 1.29 is 31.9 Å². The van der Waals surface area contributed by atoms with E-state index in [0.29, 0.717) is 12.1 Å². The second-order valence-electron chi connectivity index (χ2n) is 2.97. The van der Waals surface area contributed by atoms with E-state index in [4.69, 9.17) is 0 Å². The number of alkyl halides is 2. The minimum atomic E-state index is -3.39. The van der Waals surface area contributed by atoms with Crippen LogP contribution in [0.1, 0.15) is 5.56 Å². The smallest absolute Gasteiger partial charge is 0.299 e. The predicted molar refractivity (Wildman–Crippen MR) is 45.3 cm³/mol. The van der Waals surface area contributed by atoms with Crippen molar-refractivity contribution in [1.82, 2.24) is 0 Å². The number of carbonyl (C=O) groups excluding carboxylic acids is 1. The largest absolute Gasteiger partial charge is 0.872 e. The molecule has 0 radical (unpaired) electrons. The molecule has 0 aromatic heterocycles. The van der Waals surface area contributed by atoms with Crippen LogP contribution in [0.5, 0.6) is 0 Å². The summed E-state index contributed by atoms with van der Waals surface area (Å²) in [6, 6.07) is 0.631. The minimum Gasteiger partial charge on any atom is -0.872 e. The van der Waals surface area contributed by atoms with Gasteiger partial charge in [0.1, 0.15) is 0 Å². The molecule has 0 bridgehead atoms. The van der Waals surface area contributed by atoms with Crippen molar-refractivity contribution in [2.45, 2.75) is 6.43 Å². The third-order valence-electron chi connectivity index (χ3n) is 1.76. The van der Waals surface area contributed by atoms with Crippen LogP contribution in [-0.2, 0) is 4.79 Å². The lowest BCUT2D eigenvalue weighted by molar-refractivity contribution is -0.244. The number of hydrogen-bond donors (Lipinski definition) is 0. The predicted octanol–water partition coefficient (Wildman–Crippen LogP) is 1.64. The average molecular weight is 251 g/mol. The normalized spacial score (nSPS) is 12.0.